The largest absolute Gasteiger partial charge is 0.505 e. The highest BCUT2D eigenvalue weighted by atomic mass is 19.1. The number of nitrogens with one attached hydrogen (secondary N) is 1. The maximum Gasteiger partial charge on any atom is 0.272 e. The first-order valence-corrected chi connectivity index (χ1v) is 5.47. The fourth-order valence-corrected chi connectivity index (χ4v) is 2.10. The number of non-ortho nitro benzene ring substituents is 1. The van der Waals surface area contributed by atoms with E-state index in [1.54, 1.807) is 0 Å². The SMILES string of the molecule is O=[N+]([O-])c1cc(F)c(O)c(CC2CCCN2)c1. The van der Waals surface area contributed by atoms with Crippen LogP contribution in [-0.4, -0.2) is 22.6 Å². The Hall–Kier alpha value is -1.69. The molecule has 0 spiro atoms. The second-order valence-corrected chi connectivity index (χ2v) is 4.19. The van der Waals surface area contributed by atoms with Gasteiger partial charge in [0.25, 0.3) is 5.69 Å². The van der Waals surface area contributed by atoms with E-state index >= 15 is 0 Å². The van der Waals surface area contributed by atoms with E-state index in [-0.39, 0.29) is 17.3 Å². The second kappa shape index (κ2) is 4.67. The lowest BCUT2D eigenvalue weighted by atomic mass is 10.0. The molecule has 0 bridgehead atoms. The van der Waals surface area contributed by atoms with Gasteiger partial charge in [-0.25, -0.2) is 4.39 Å². The lowest BCUT2D eigenvalue weighted by Crippen LogP contribution is -2.23. The van der Waals surface area contributed by atoms with E-state index < -0.39 is 16.5 Å². The Morgan fingerprint density at radius 1 is 1.59 bits per heavy atom. The van der Waals surface area contributed by atoms with Gasteiger partial charge in [-0.2, -0.15) is 0 Å². The van der Waals surface area contributed by atoms with Crippen LogP contribution in [0.4, 0.5) is 10.1 Å². The molecular weight excluding hydrogens is 227 g/mol. The fraction of sp³-hybridized carbons (Fsp3) is 0.455. The Bertz CT molecular complexity index is 445. The molecule has 6 heteroatoms. The van der Waals surface area contributed by atoms with Gasteiger partial charge in [-0.3, -0.25) is 10.1 Å². The van der Waals surface area contributed by atoms with Gasteiger partial charge in [0.05, 0.1) is 11.0 Å². The standard InChI is InChI=1S/C11H13FN2O3/c12-10-6-9(14(16)17)5-7(11(10)15)4-8-2-1-3-13-8/h5-6,8,13,15H,1-4H2. The van der Waals surface area contributed by atoms with Gasteiger partial charge in [-0.1, -0.05) is 0 Å². The smallest absolute Gasteiger partial charge is 0.272 e. The van der Waals surface area contributed by atoms with Gasteiger partial charge in [0.1, 0.15) is 0 Å². The molecule has 1 saturated heterocycles. The number of hydrogen-bond acceptors (Lipinski definition) is 4. The van der Waals surface area contributed by atoms with Gasteiger partial charge in [0, 0.05) is 17.7 Å². The Morgan fingerprint density at radius 2 is 2.35 bits per heavy atom. The maximum absolute atomic E-state index is 13.3. The van der Waals surface area contributed by atoms with Crippen LogP contribution in [0.3, 0.4) is 0 Å². The van der Waals surface area contributed by atoms with Crippen molar-refractivity contribution in [2.75, 3.05) is 6.54 Å². The van der Waals surface area contributed by atoms with Crippen molar-refractivity contribution in [3.05, 3.63) is 33.6 Å². The van der Waals surface area contributed by atoms with Crippen molar-refractivity contribution in [1.82, 2.24) is 5.32 Å². The zero-order valence-corrected chi connectivity index (χ0v) is 9.15. The van der Waals surface area contributed by atoms with Crippen LogP contribution in [0, 0.1) is 15.9 Å². The molecule has 0 saturated carbocycles. The molecule has 1 heterocycles. The first-order valence-electron chi connectivity index (χ1n) is 5.47. The van der Waals surface area contributed by atoms with Crippen molar-refractivity contribution in [2.45, 2.75) is 25.3 Å². The van der Waals surface area contributed by atoms with E-state index in [1.807, 2.05) is 0 Å². The summed E-state index contributed by atoms with van der Waals surface area (Å²) in [5.74, 6) is -1.42. The minimum atomic E-state index is -0.938. The Labute approximate surface area is 97.4 Å². The van der Waals surface area contributed by atoms with E-state index in [0.29, 0.717) is 6.42 Å². The fourth-order valence-electron chi connectivity index (χ4n) is 2.10. The van der Waals surface area contributed by atoms with Crippen LogP contribution in [0.5, 0.6) is 5.75 Å². The minimum Gasteiger partial charge on any atom is -0.505 e. The zero-order chi connectivity index (χ0) is 12.4. The molecule has 1 aromatic carbocycles. The Kier molecular flexibility index (Phi) is 3.23. The second-order valence-electron chi connectivity index (χ2n) is 4.19. The highest BCUT2D eigenvalue weighted by Gasteiger charge is 2.21. The average molecular weight is 240 g/mol. The number of nitro groups is 1. The van der Waals surface area contributed by atoms with Crippen molar-refractivity contribution >= 4 is 5.69 Å². The number of nitrogens with zero attached hydrogens (tertiary/aromatic N) is 1. The average Bonchev–Trinajstić information content (AvgIpc) is 2.77. The van der Waals surface area contributed by atoms with Crippen LogP contribution in [0.1, 0.15) is 18.4 Å². The Balaban J connectivity index is 2.27. The van der Waals surface area contributed by atoms with Crippen LogP contribution in [0.15, 0.2) is 12.1 Å². The third-order valence-corrected chi connectivity index (χ3v) is 2.97. The molecule has 1 fully saturated rings. The van der Waals surface area contributed by atoms with Crippen LogP contribution in [-0.2, 0) is 6.42 Å². The number of nitro benzene ring substituents is 1. The van der Waals surface area contributed by atoms with Crippen LogP contribution in [0.25, 0.3) is 0 Å². The van der Waals surface area contributed by atoms with Gasteiger partial charge < -0.3 is 10.4 Å². The molecule has 2 N–H and O–H groups in total. The first-order chi connectivity index (χ1) is 8.08. The van der Waals surface area contributed by atoms with Gasteiger partial charge in [-0.05, 0) is 25.8 Å². The molecule has 1 aliphatic rings. The molecule has 5 nitrogen and oxygen atoms in total. The summed E-state index contributed by atoms with van der Waals surface area (Å²) < 4.78 is 13.3. The molecule has 1 aliphatic heterocycles. The van der Waals surface area contributed by atoms with Crippen molar-refractivity contribution in [3.63, 3.8) is 0 Å². The highest BCUT2D eigenvalue weighted by molar-refractivity contribution is 5.44. The van der Waals surface area contributed by atoms with Gasteiger partial charge in [0.2, 0.25) is 0 Å². The zero-order valence-electron chi connectivity index (χ0n) is 9.15. The van der Waals surface area contributed by atoms with Crippen molar-refractivity contribution in [2.24, 2.45) is 0 Å². The molecule has 0 radical (unpaired) electrons. The molecule has 2 rings (SSSR count). The lowest BCUT2D eigenvalue weighted by molar-refractivity contribution is -0.385. The summed E-state index contributed by atoms with van der Waals surface area (Å²) in [5, 5.41) is 23.3. The molecule has 0 aliphatic carbocycles. The topological polar surface area (TPSA) is 75.4 Å². The predicted molar refractivity (Wildman–Crippen MR) is 59.4 cm³/mol. The summed E-state index contributed by atoms with van der Waals surface area (Å²) >= 11 is 0. The molecule has 0 amide bonds. The van der Waals surface area contributed by atoms with Crippen molar-refractivity contribution in [1.29, 1.82) is 0 Å². The summed E-state index contributed by atoms with van der Waals surface area (Å²) in [6.07, 6.45) is 2.37. The molecule has 1 atom stereocenters. The molecule has 1 aromatic rings. The lowest BCUT2D eigenvalue weighted by Gasteiger charge is -2.11. The number of phenols is 1. The highest BCUT2D eigenvalue weighted by Crippen LogP contribution is 2.28. The quantitative estimate of drug-likeness (QED) is 0.623. The maximum atomic E-state index is 13.3. The Morgan fingerprint density at radius 3 is 2.94 bits per heavy atom. The normalized spacial score (nSPS) is 19.5. The van der Waals surface area contributed by atoms with Gasteiger partial charge in [-0.15, -0.1) is 0 Å². The number of phenolic OH excluding ortho intramolecular Hbond substituents is 1. The third-order valence-electron chi connectivity index (χ3n) is 2.97. The van der Waals surface area contributed by atoms with E-state index in [4.69, 9.17) is 0 Å². The number of rotatable bonds is 3. The third kappa shape index (κ3) is 2.52. The van der Waals surface area contributed by atoms with Crippen molar-refractivity contribution in [3.8, 4) is 5.75 Å². The molecule has 0 aromatic heterocycles. The summed E-state index contributed by atoms with van der Waals surface area (Å²) in [4.78, 5) is 9.94. The van der Waals surface area contributed by atoms with Crippen molar-refractivity contribution < 1.29 is 14.4 Å². The molecule has 17 heavy (non-hydrogen) atoms. The van der Waals surface area contributed by atoms with E-state index in [2.05, 4.69) is 5.32 Å². The van der Waals surface area contributed by atoms with Gasteiger partial charge >= 0.3 is 0 Å². The number of benzene rings is 1. The molecule has 92 valence electrons. The number of halogens is 1. The van der Waals surface area contributed by atoms with Crippen LogP contribution < -0.4 is 5.32 Å². The predicted octanol–water partition coefficient (Wildman–Crippen LogP) is 1.73. The first kappa shape index (κ1) is 11.8. The summed E-state index contributed by atoms with van der Waals surface area (Å²) in [5.41, 5.74) is -0.0376. The van der Waals surface area contributed by atoms with E-state index in [1.165, 1.54) is 6.07 Å². The summed E-state index contributed by atoms with van der Waals surface area (Å²) in [7, 11) is 0. The molecule has 1 unspecified atom stereocenters. The number of aromatic hydroxyl groups is 1. The van der Waals surface area contributed by atoms with E-state index in [0.717, 1.165) is 25.5 Å². The monoisotopic (exact) mass is 240 g/mol. The van der Waals surface area contributed by atoms with Crippen LogP contribution >= 0.6 is 0 Å². The summed E-state index contributed by atoms with van der Waals surface area (Å²) in [6, 6.07) is 2.13. The minimum absolute atomic E-state index is 0.155. The van der Waals surface area contributed by atoms with Gasteiger partial charge in [0.15, 0.2) is 11.6 Å². The van der Waals surface area contributed by atoms with E-state index in [9.17, 15) is 19.6 Å². The molecular formula is C11H13FN2O3. The van der Waals surface area contributed by atoms with Crippen LogP contribution in [0.2, 0.25) is 0 Å². The summed E-state index contributed by atoms with van der Waals surface area (Å²) in [6.45, 7) is 0.892. The number of hydrogen-bond donors (Lipinski definition) is 2.